The van der Waals surface area contributed by atoms with Crippen molar-refractivity contribution in [2.24, 2.45) is 0 Å². The van der Waals surface area contributed by atoms with E-state index in [0.717, 1.165) is 27.4 Å². The van der Waals surface area contributed by atoms with Gasteiger partial charge in [0, 0.05) is 4.90 Å². The molecule has 4 rings (SSSR count). The van der Waals surface area contributed by atoms with Crippen molar-refractivity contribution in [3.8, 4) is 11.5 Å². The van der Waals surface area contributed by atoms with Gasteiger partial charge in [0.1, 0.15) is 22.5 Å². The van der Waals surface area contributed by atoms with Gasteiger partial charge < -0.3 is 10.5 Å². The van der Waals surface area contributed by atoms with Gasteiger partial charge in [0.25, 0.3) is 0 Å². The number of ether oxygens (including phenoxy) is 1. The number of benzene rings is 3. The van der Waals surface area contributed by atoms with Crippen LogP contribution in [0.5, 0.6) is 11.5 Å². The number of nitrogen functional groups attached to an aromatic ring is 1. The molecular formula is C18H15N3OS2. The third kappa shape index (κ3) is 4.24. The maximum Gasteiger partial charge on any atom is 0.127 e. The van der Waals surface area contributed by atoms with Crippen LogP contribution in [0.25, 0.3) is 11.0 Å². The topological polar surface area (TPSA) is 61.0 Å². The lowest BCUT2D eigenvalue weighted by Gasteiger charge is -2.04. The van der Waals surface area contributed by atoms with Crippen LogP contribution in [0.4, 0.5) is 5.69 Å². The molecule has 6 heteroatoms. The first kappa shape index (κ1) is 16.3. The van der Waals surface area contributed by atoms with Gasteiger partial charge in [-0.3, -0.25) is 0 Å². The van der Waals surface area contributed by atoms with E-state index in [1.807, 2.05) is 72.8 Å². The van der Waals surface area contributed by atoms with Gasteiger partial charge in [0.15, 0.2) is 0 Å². The van der Waals surface area contributed by atoms with Crippen molar-refractivity contribution < 1.29 is 4.74 Å². The Hall–Kier alpha value is -2.57. The first-order valence-corrected chi connectivity index (χ1v) is 8.39. The molecule has 0 amide bonds. The predicted molar refractivity (Wildman–Crippen MR) is 102 cm³/mol. The number of aromatic nitrogens is 2. The van der Waals surface area contributed by atoms with Crippen LogP contribution in [0, 0.1) is 0 Å². The van der Waals surface area contributed by atoms with Gasteiger partial charge in [-0.15, -0.1) is 12.6 Å². The molecule has 4 aromatic rings. The highest BCUT2D eigenvalue weighted by Crippen LogP contribution is 2.21. The average Bonchev–Trinajstić information content (AvgIpc) is 3.09. The highest BCUT2D eigenvalue weighted by molar-refractivity contribution is 7.80. The number of nitrogens with two attached hydrogens (primary N) is 1. The molecule has 120 valence electrons. The summed E-state index contributed by atoms with van der Waals surface area (Å²) in [5.74, 6) is 1.67. The van der Waals surface area contributed by atoms with Crippen molar-refractivity contribution >= 4 is 41.1 Å². The van der Waals surface area contributed by atoms with E-state index in [1.165, 1.54) is 11.7 Å². The molecule has 1 aromatic heterocycles. The van der Waals surface area contributed by atoms with Crippen LogP contribution in [-0.4, -0.2) is 8.75 Å². The Morgan fingerprint density at radius 2 is 1.50 bits per heavy atom. The van der Waals surface area contributed by atoms with E-state index in [-0.39, 0.29) is 0 Å². The zero-order chi connectivity index (χ0) is 16.8. The number of hydrogen-bond acceptors (Lipinski definition) is 6. The third-order valence-electron chi connectivity index (χ3n) is 3.13. The molecule has 0 fully saturated rings. The van der Waals surface area contributed by atoms with Crippen LogP contribution >= 0.6 is 24.4 Å². The largest absolute Gasteiger partial charge is 0.457 e. The molecule has 0 aliphatic carbocycles. The van der Waals surface area contributed by atoms with Crippen LogP contribution in [-0.2, 0) is 0 Å². The first-order valence-electron chi connectivity index (χ1n) is 7.21. The van der Waals surface area contributed by atoms with E-state index in [4.69, 9.17) is 10.5 Å². The molecule has 0 radical (unpaired) electrons. The predicted octanol–water partition coefficient (Wildman–Crippen LogP) is 5.04. The van der Waals surface area contributed by atoms with E-state index in [2.05, 4.69) is 21.4 Å². The van der Waals surface area contributed by atoms with Crippen molar-refractivity contribution in [2.45, 2.75) is 4.90 Å². The molecule has 0 atom stereocenters. The van der Waals surface area contributed by atoms with Crippen LogP contribution in [0.2, 0.25) is 0 Å². The molecule has 3 aromatic carbocycles. The van der Waals surface area contributed by atoms with Crippen molar-refractivity contribution in [1.82, 2.24) is 8.75 Å². The molecule has 0 saturated carbocycles. The molecular weight excluding hydrogens is 338 g/mol. The number of rotatable bonds is 2. The minimum absolute atomic E-state index is 0.700. The Balaban J connectivity index is 0.000000149. The van der Waals surface area contributed by atoms with Crippen molar-refractivity contribution in [3.05, 3.63) is 72.8 Å². The summed E-state index contributed by atoms with van der Waals surface area (Å²) < 4.78 is 13.7. The lowest BCUT2D eigenvalue weighted by molar-refractivity contribution is 0.482. The van der Waals surface area contributed by atoms with Gasteiger partial charge in [-0.05, 0) is 48.5 Å². The lowest BCUT2D eigenvalue weighted by Crippen LogP contribution is -1.84. The Labute approximate surface area is 149 Å². The SMILES string of the molecule is Nc1cccc2nsnc12.Sc1ccc(Oc2ccccc2)cc1. The second-order valence-corrected chi connectivity index (χ2v) is 5.93. The van der Waals surface area contributed by atoms with E-state index in [9.17, 15) is 0 Å². The molecule has 0 bridgehead atoms. The summed E-state index contributed by atoms with van der Waals surface area (Å²) in [7, 11) is 0. The minimum atomic E-state index is 0.700. The normalized spacial score (nSPS) is 10.0. The summed E-state index contributed by atoms with van der Waals surface area (Å²) >= 11 is 5.39. The van der Waals surface area contributed by atoms with E-state index in [1.54, 1.807) is 0 Å². The summed E-state index contributed by atoms with van der Waals surface area (Å²) in [6, 6.07) is 22.9. The fourth-order valence-electron chi connectivity index (χ4n) is 1.97. The number of anilines is 1. The average molecular weight is 353 g/mol. The van der Waals surface area contributed by atoms with Crippen molar-refractivity contribution in [1.29, 1.82) is 0 Å². The number of hydrogen-bond donors (Lipinski definition) is 2. The van der Waals surface area contributed by atoms with Gasteiger partial charge in [0.2, 0.25) is 0 Å². The smallest absolute Gasteiger partial charge is 0.127 e. The molecule has 0 aliphatic heterocycles. The monoisotopic (exact) mass is 353 g/mol. The van der Waals surface area contributed by atoms with Gasteiger partial charge in [0.05, 0.1) is 17.4 Å². The number of thiol groups is 1. The number of para-hydroxylation sites is 1. The van der Waals surface area contributed by atoms with E-state index >= 15 is 0 Å². The highest BCUT2D eigenvalue weighted by Gasteiger charge is 1.98. The molecule has 1 heterocycles. The zero-order valence-electron chi connectivity index (χ0n) is 12.7. The minimum Gasteiger partial charge on any atom is -0.457 e. The molecule has 0 aliphatic rings. The maximum absolute atomic E-state index is 5.60. The zero-order valence-corrected chi connectivity index (χ0v) is 14.4. The summed E-state index contributed by atoms with van der Waals surface area (Å²) in [6.07, 6.45) is 0. The van der Waals surface area contributed by atoms with Gasteiger partial charge in [-0.25, -0.2) is 0 Å². The lowest BCUT2D eigenvalue weighted by atomic mass is 10.3. The quantitative estimate of drug-likeness (QED) is 0.391. The van der Waals surface area contributed by atoms with Gasteiger partial charge in [-0.1, -0.05) is 24.3 Å². The number of nitrogens with zero attached hydrogens (tertiary/aromatic N) is 2. The van der Waals surface area contributed by atoms with Crippen LogP contribution in [0.1, 0.15) is 0 Å². The van der Waals surface area contributed by atoms with Crippen LogP contribution in [0.3, 0.4) is 0 Å². The fourth-order valence-corrected chi connectivity index (χ4v) is 2.67. The van der Waals surface area contributed by atoms with Crippen LogP contribution < -0.4 is 10.5 Å². The summed E-state index contributed by atoms with van der Waals surface area (Å²) in [4.78, 5) is 0.936. The highest BCUT2D eigenvalue weighted by atomic mass is 32.1. The fraction of sp³-hybridized carbons (Fsp3) is 0. The summed E-state index contributed by atoms with van der Waals surface area (Å²) in [5.41, 5.74) is 8.00. The Kier molecular flexibility index (Phi) is 5.30. The molecule has 24 heavy (non-hydrogen) atoms. The van der Waals surface area contributed by atoms with E-state index < -0.39 is 0 Å². The second-order valence-electron chi connectivity index (χ2n) is 4.89. The van der Waals surface area contributed by atoms with Crippen molar-refractivity contribution in [3.63, 3.8) is 0 Å². The third-order valence-corrected chi connectivity index (χ3v) is 3.97. The van der Waals surface area contributed by atoms with Gasteiger partial charge >= 0.3 is 0 Å². The molecule has 4 nitrogen and oxygen atoms in total. The Morgan fingerprint density at radius 1 is 0.792 bits per heavy atom. The summed E-state index contributed by atoms with van der Waals surface area (Å²) in [6.45, 7) is 0. The van der Waals surface area contributed by atoms with E-state index in [0.29, 0.717) is 5.69 Å². The maximum atomic E-state index is 5.60. The molecule has 0 spiro atoms. The van der Waals surface area contributed by atoms with Crippen LogP contribution in [0.15, 0.2) is 77.7 Å². The Bertz CT molecular complexity index is 908. The standard InChI is InChI=1S/C12H10OS.C6H5N3S/c14-12-8-6-11(7-9-12)13-10-4-2-1-3-5-10;7-4-2-1-3-5-6(4)9-10-8-5/h1-9,14H;1-3H,7H2. The first-order chi connectivity index (χ1) is 11.7. The molecule has 0 saturated heterocycles. The molecule has 2 N–H and O–H groups in total. The van der Waals surface area contributed by atoms with Gasteiger partial charge in [-0.2, -0.15) is 8.75 Å². The summed E-state index contributed by atoms with van der Waals surface area (Å²) in [5, 5.41) is 0. The molecule has 0 unspecified atom stereocenters. The van der Waals surface area contributed by atoms with Crippen molar-refractivity contribution in [2.75, 3.05) is 5.73 Å². The number of fused-ring (bicyclic) bond motifs is 1. The second kappa shape index (κ2) is 7.81. The Morgan fingerprint density at radius 3 is 2.21 bits per heavy atom.